The zero-order chi connectivity index (χ0) is 36.6. The molecule has 12 rings (SSSR count). The van der Waals surface area contributed by atoms with Gasteiger partial charge in [0.1, 0.15) is 0 Å². The van der Waals surface area contributed by atoms with Gasteiger partial charge >= 0.3 is 0 Å². The van der Waals surface area contributed by atoms with Crippen molar-refractivity contribution in [1.82, 2.24) is 4.57 Å². The van der Waals surface area contributed by atoms with Gasteiger partial charge < -0.3 is 9.47 Å². The molecular weight excluding hydrogens is 665 g/mol. The van der Waals surface area contributed by atoms with Crippen LogP contribution in [0.2, 0.25) is 0 Å². The van der Waals surface area contributed by atoms with Gasteiger partial charge in [0.15, 0.2) is 0 Å². The maximum atomic E-state index is 2.57. The molecule has 1 aromatic heterocycles. The molecule has 0 N–H and O–H groups in total. The van der Waals surface area contributed by atoms with Crippen LogP contribution in [-0.4, -0.2) is 4.57 Å². The van der Waals surface area contributed by atoms with E-state index in [1.165, 1.54) is 106 Å². The molecule has 3 aliphatic rings. The van der Waals surface area contributed by atoms with Gasteiger partial charge in [-0.1, -0.05) is 147 Å². The van der Waals surface area contributed by atoms with Crippen molar-refractivity contribution in [3.05, 3.63) is 204 Å². The maximum Gasteiger partial charge on any atom is 0.0541 e. The molecule has 2 nitrogen and oxygen atoms in total. The molecule has 8 aromatic carbocycles. The normalized spacial score (nSPS) is 16.8. The zero-order valence-corrected chi connectivity index (χ0v) is 31.1. The van der Waals surface area contributed by atoms with E-state index >= 15 is 0 Å². The van der Waals surface area contributed by atoms with Gasteiger partial charge in [-0.25, -0.2) is 0 Å². The van der Waals surface area contributed by atoms with Gasteiger partial charge in [-0.3, -0.25) is 0 Å². The minimum Gasteiger partial charge on any atom is -0.309 e. The van der Waals surface area contributed by atoms with E-state index in [9.17, 15) is 0 Å². The Balaban J connectivity index is 1.16. The van der Waals surface area contributed by atoms with E-state index in [2.05, 4.69) is 206 Å². The number of rotatable bonds is 3. The molecule has 0 bridgehead atoms. The molecule has 260 valence electrons. The predicted octanol–water partition coefficient (Wildman–Crippen LogP) is 13.9. The van der Waals surface area contributed by atoms with E-state index in [4.69, 9.17) is 0 Å². The lowest BCUT2D eigenvalue weighted by Crippen LogP contribution is -2.32. The van der Waals surface area contributed by atoms with E-state index in [0.717, 1.165) is 0 Å². The predicted molar refractivity (Wildman–Crippen MR) is 229 cm³/mol. The summed E-state index contributed by atoms with van der Waals surface area (Å²) >= 11 is 0. The van der Waals surface area contributed by atoms with Gasteiger partial charge in [-0.15, -0.1) is 0 Å². The second kappa shape index (κ2) is 10.7. The summed E-state index contributed by atoms with van der Waals surface area (Å²) in [5, 5.41) is 2.55. The van der Waals surface area contributed by atoms with Gasteiger partial charge in [0.25, 0.3) is 0 Å². The van der Waals surface area contributed by atoms with Gasteiger partial charge in [0.2, 0.25) is 0 Å². The molecule has 0 spiro atoms. The number of para-hydroxylation sites is 3. The highest BCUT2D eigenvalue weighted by molar-refractivity contribution is 6.09. The van der Waals surface area contributed by atoms with Crippen LogP contribution in [0.5, 0.6) is 0 Å². The number of fused-ring (bicyclic) bond motifs is 11. The molecule has 2 aliphatic carbocycles. The van der Waals surface area contributed by atoms with Crippen molar-refractivity contribution < 1.29 is 0 Å². The highest BCUT2D eigenvalue weighted by Crippen LogP contribution is 2.63. The first kappa shape index (κ1) is 30.8. The first-order valence-corrected chi connectivity index (χ1v) is 19.5. The summed E-state index contributed by atoms with van der Waals surface area (Å²) < 4.78 is 2.46. The minimum absolute atomic E-state index is 0.0777. The lowest BCUT2D eigenvalue weighted by molar-refractivity contribution is 0.660. The van der Waals surface area contributed by atoms with Crippen LogP contribution in [0.1, 0.15) is 48.6 Å². The average Bonchev–Trinajstić information content (AvgIpc) is 3.80. The Morgan fingerprint density at radius 1 is 0.382 bits per heavy atom. The molecule has 2 heterocycles. The van der Waals surface area contributed by atoms with Crippen LogP contribution in [0.15, 0.2) is 176 Å². The molecule has 0 amide bonds. The molecule has 0 saturated carbocycles. The van der Waals surface area contributed by atoms with Crippen LogP contribution < -0.4 is 4.90 Å². The van der Waals surface area contributed by atoms with Crippen molar-refractivity contribution in [3.63, 3.8) is 0 Å². The largest absolute Gasteiger partial charge is 0.309 e. The van der Waals surface area contributed by atoms with Crippen molar-refractivity contribution in [2.75, 3.05) is 4.90 Å². The molecule has 2 heteroatoms. The lowest BCUT2D eigenvalue weighted by Gasteiger charge is -2.43. The molecule has 1 aliphatic heterocycles. The number of benzene rings is 8. The Morgan fingerprint density at radius 3 is 1.73 bits per heavy atom. The number of hydrogen-bond acceptors (Lipinski definition) is 1. The van der Waals surface area contributed by atoms with E-state index < -0.39 is 0 Å². The van der Waals surface area contributed by atoms with Gasteiger partial charge in [-0.05, 0) is 105 Å². The average molecular weight is 703 g/mol. The highest BCUT2D eigenvalue weighted by Gasteiger charge is 2.49. The van der Waals surface area contributed by atoms with E-state index in [-0.39, 0.29) is 10.8 Å². The van der Waals surface area contributed by atoms with Gasteiger partial charge in [0.05, 0.1) is 28.1 Å². The molecule has 0 fully saturated rings. The standard InChI is InChI=1S/C53H38N2/c1-52(2)41-23-9-5-20-40(41)50-38(21-14-25-43(50)52)37-19-8-13-28-47(37)55-48-31-30-33(54-45-26-11-6-17-35(45)36-18-7-12-27-46(36)54)32-44(48)53(3)42-24-10-4-16-34(42)39-22-15-29-49(55)51(39)53/h4-32H,1-3H3. The summed E-state index contributed by atoms with van der Waals surface area (Å²) in [7, 11) is 0. The molecule has 1 atom stereocenters. The molecule has 55 heavy (non-hydrogen) atoms. The third kappa shape index (κ3) is 3.84. The van der Waals surface area contributed by atoms with E-state index in [1.54, 1.807) is 0 Å². The molecule has 0 saturated heterocycles. The topological polar surface area (TPSA) is 8.17 Å². The molecular formula is C53H38N2. The summed E-state index contributed by atoms with van der Waals surface area (Å²) in [5.74, 6) is 0. The van der Waals surface area contributed by atoms with Gasteiger partial charge in [-0.2, -0.15) is 0 Å². The Kier molecular flexibility index (Phi) is 6.01. The number of hydrogen-bond donors (Lipinski definition) is 0. The Labute approximate surface area is 321 Å². The third-order valence-electron chi connectivity index (χ3n) is 13.2. The third-order valence-corrected chi connectivity index (χ3v) is 13.2. The van der Waals surface area contributed by atoms with Crippen LogP contribution in [0.25, 0.3) is 60.9 Å². The Morgan fingerprint density at radius 2 is 0.945 bits per heavy atom. The summed E-state index contributed by atoms with van der Waals surface area (Å²) in [6, 6.07) is 65.9. The summed E-state index contributed by atoms with van der Waals surface area (Å²) in [5.41, 5.74) is 21.5. The zero-order valence-electron chi connectivity index (χ0n) is 31.1. The number of nitrogens with zero attached hydrogens (tertiary/aromatic N) is 2. The fourth-order valence-electron chi connectivity index (χ4n) is 10.8. The second-order valence-corrected chi connectivity index (χ2v) is 16.2. The van der Waals surface area contributed by atoms with Gasteiger partial charge in [0, 0.05) is 32.9 Å². The summed E-state index contributed by atoms with van der Waals surface area (Å²) in [4.78, 5) is 2.57. The van der Waals surface area contributed by atoms with Crippen LogP contribution in [-0.2, 0) is 10.8 Å². The van der Waals surface area contributed by atoms with E-state index in [0.29, 0.717) is 0 Å². The smallest absolute Gasteiger partial charge is 0.0541 e. The lowest BCUT2D eigenvalue weighted by atomic mass is 9.70. The molecule has 9 aromatic rings. The highest BCUT2D eigenvalue weighted by atomic mass is 15.2. The number of aromatic nitrogens is 1. The Bertz CT molecular complexity index is 3050. The fourth-order valence-corrected chi connectivity index (χ4v) is 10.8. The van der Waals surface area contributed by atoms with Crippen LogP contribution >= 0.6 is 0 Å². The summed E-state index contributed by atoms with van der Waals surface area (Å²) in [6.07, 6.45) is 0. The number of anilines is 3. The summed E-state index contributed by atoms with van der Waals surface area (Å²) in [6.45, 7) is 7.20. The second-order valence-electron chi connectivity index (χ2n) is 16.2. The van der Waals surface area contributed by atoms with Crippen LogP contribution in [0.3, 0.4) is 0 Å². The Hall–Kier alpha value is -6.64. The molecule has 0 radical (unpaired) electrons. The van der Waals surface area contributed by atoms with Crippen LogP contribution in [0.4, 0.5) is 17.1 Å². The van der Waals surface area contributed by atoms with E-state index in [1.807, 2.05) is 0 Å². The van der Waals surface area contributed by atoms with Crippen molar-refractivity contribution >= 4 is 38.9 Å². The maximum absolute atomic E-state index is 2.57. The molecule has 1 unspecified atom stereocenters. The fraction of sp³-hybridized carbons (Fsp3) is 0.0943. The van der Waals surface area contributed by atoms with Crippen molar-refractivity contribution in [2.24, 2.45) is 0 Å². The van der Waals surface area contributed by atoms with Crippen LogP contribution in [0, 0.1) is 0 Å². The quantitative estimate of drug-likeness (QED) is 0.178. The minimum atomic E-state index is -0.352. The van der Waals surface area contributed by atoms with Crippen molar-refractivity contribution in [1.29, 1.82) is 0 Å². The van der Waals surface area contributed by atoms with Crippen molar-refractivity contribution in [2.45, 2.75) is 31.6 Å². The monoisotopic (exact) mass is 702 g/mol. The SMILES string of the molecule is CC1(C)c2ccccc2-c2c(-c3ccccc3N3c4ccc(-n5c6ccccc6c6ccccc65)cc4C4(C)c5ccccc5-c5cccc3c54)cccc21. The van der Waals surface area contributed by atoms with Crippen molar-refractivity contribution in [3.8, 4) is 39.1 Å². The first-order valence-electron chi connectivity index (χ1n) is 19.5. The first-order chi connectivity index (χ1) is 27.0.